The Morgan fingerprint density at radius 3 is 2.57 bits per heavy atom. The van der Waals surface area contributed by atoms with Crippen molar-refractivity contribution in [2.75, 3.05) is 20.1 Å². The number of benzene rings is 1. The third-order valence-corrected chi connectivity index (χ3v) is 4.05. The van der Waals surface area contributed by atoms with Crippen LogP contribution in [0.5, 0.6) is 0 Å². The van der Waals surface area contributed by atoms with Crippen molar-refractivity contribution in [2.45, 2.75) is 31.3 Å². The topological polar surface area (TPSA) is 69.6 Å². The van der Waals surface area contributed by atoms with Crippen LogP contribution in [0.1, 0.15) is 36.0 Å². The van der Waals surface area contributed by atoms with E-state index in [1.165, 1.54) is 11.9 Å². The van der Waals surface area contributed by atoms with E-state index in [2.05, 4.69) is 5.32 Å². The first-order valence-electron chi connectivity index (χ1n) is 7.51. The van der Waals surface area contributed by atoms with Crippen molar-refractivity contribution in [2.24, 2.45) is 0 Å². The van der Waals surface area contributed by atoms with E-state index in [-0.39, 0.29) is 30.9 Å². The van der Waals surface area contributed by atoms with E-state index < -0.39 is 23.1 Å². The van der Waals surface area contributed by atoms with Crippen molar-refractivity contribution in [1.29, 1.82) is 0 Å². The van der Waals surface area contributed by atoms with Crippen LogP contribution in [-0.4, -0.2) is 47.6 Å². The molecule has 2 amide bonds. The first-order chi connectivity index (χ1) is 10.8. The summed E-state index contributed by atoms with van der Waals surface area (Å²) < 4.78 is 26.5. The van der Waals surface area contributed by atoms with E-state index >= 15 is 0 Å². The molecule has 126 valence electrons. The molecule has 0 spiro atoms. The molecule has 0 saturated carbocycles. The van der Waals surface area contributed by atoms with Gasteiger partial charge in [-0.05, 0) is 31.4 Å². The maximum Gasteiger partial charge on any atom is 0.254 e. The second-order valence-corrected chi connectivity index (χ2v) is 5.89. The van der Waals surface area contributed by atoms with E-state index in [1.54, 1.807) is 0 Å². The van der Waals surface area contributed by atoms with Crippen LogP contribution in [0.4, 0.5) is 8.78 Å². The van der Waals surface area contributed by atoms with Crippen molar-refractivity contribution < 1.29 is 23.5 Å². The van der Waals surface area contributed by atoms with Crippen LogP contribution < -0.4 is 5.32 Å². The molecule has 1 atom stereocenters. The van der Waals surface area contributed by atoms with Crippen LogP contribution in [0.3, 0.4) is 0 Å². The Morgan fingerprint density at radius 1 is 1.30 bits per heavy atom. The van der Waals surface area contributed by atoms with Gasteiger partial charge in [0.15, 0.2) is 0 Å². The lowest BCUT2D eigenvalue weighted by Gasteiger charge is -2.39. The molecule has 0 radical (unpaired) electrons. The SMILES string of the molecule is CNC(=O)CC[C@@]1(O)CCCN(C(=O)c2cc(F)cc(F)c2)C1. The zero-order valence-corrected chi connectivity index (χ0v) is 12.9. The van der Waals surface area contributed by atoms with Gasteiger partial charge in [0.1, 0.15) is 11.6 Å². The fourth-order valence-electron chi connectivity index (χ4n) is 2.82. The Bertz CT molecular complexity index is 589. The highest BCUT2D eigenvalue weighted by atomic mass is 19.1. The summed E-state index contributed by atoms with van der Waals surface area (Å²) in [5.41, 5.74) is -1.25. The minimum atomic E-state index is -1.16. The van der Waals surface area contributed by atoms with Gasteiger partial charge in [0.05, 0.1) is 5.60 Å². The lowest BCUT2D eigenvalue weighted by Crippen LogP contribution is -2.50. The number of nitrogens with one attached hydrogen (secondary N) is 1. The lowest BCUT2D eigenvalue weighted by atomic mass is 9.88. The Labute approximate surface area is 133 Å². The molecule has 1 fully saturated rings. The number of carbonyl (C=O) groups excluding carboxylic acids is 2. The van der Waals surface area contributed by atoms with E-state index in [1.807, 2.05) is 0 Å². The standard InChI is InChI=1S/C16H20F2N2O3/c1-19-14(21)3-5-16(23)4-2-6-20(10-16)15(22)11-7-12(17)9-13(18)8-11/h7-9,23H,2-6,10H2,1H3,(H,19,21)/t16-/m0/s1. The number of amides is 2. The summed E-state index contributed by atoms with van der Waals surface area (Å²) in [6.45, 7) is 0.445. The van der Waals surface area contributed by atoms with Crippen molar-refractivity contribution in [3.63, 3.8) is 0 Å². The Morgan fingerprint density at radius 2 is 1.96 bits per heavy atom. The molecule has 1 saturated heterocycles. The molecule has 2 rings (SSSR count). The quantitative estimate of drug-likeness (QED) is 0.880. The van der Waals surface area contributed by atoms with E-state index in [0.717, 1.165) is 12.1 Å². The van der Waals surface area contributed by atoms with Gasteiger partial charge in [-0.1, -0.05) is 0 Å². The Kier molecular flexibility index (Phi) is 5.30. The zero-order valence-electron chi connectivity index (χ0n) is 12.9. The second kappa shape index (κ2) is 7.04. The van der Waals surface area contributed by atoms with Gasteiger partial charge in [-0.3, -0.25) is 9.59 Å². The highest BCUT2D eigenvalue weighted by Crippen LogP contribution is 2.27. The van der Waals surface area contributed by atoms with Crippen LogP contribution >= 0.6 is 0 Å². The number of piperidine rings is 1. The lowest BCUT2D eigenvalue weighted by molar-refractivity contribution is -0.122. The second-order valence-electron chi connectivity index (χ2n) is 5.89. The van der Waals surface area contributed by atoms with Gasteiger partial charge in [0.2, 0.25) is 5.91 Å². The minimum absolute atomic E-state index is 0.0426. The van der Waals surface area contributed by atoms with Gasteiger partial charge in [0, 0.05) is 38.2 Å². The number of likely N-dealkylation sites (tertiary alicyclic amines) is 1. The summed E-state index contributed by atoms with van der Waals surface area (Å²) in [6, 6.07) is 2.65. The molecule has 0 aromatic heterocycles. The fraction of sp³-hybridized carbons (Fsp3) is 0.500. The average Bonchev–Trinajstić information content (AvgIpc) is 2.51. The first kappa shape index (κ1) is 17.3. The molecule has 2 N–H and O–H groups in total. The van der Waals surface area contributed by atoms with Crippen molar-refractivity contribution in [1.82, 2.24) is 10.2 Å². The summed E-state index contributed by atoms with van der Waals surface area (Å²) in [6.07, 6.45) is 1.43. The Balaban J connectivity index is 2.07. The molecule has 0 bridgehead atoms. The number of β-amino-alcohol motifs (C(OH)–C–C–N with tert-alkyl or cyclic N) is 1. The normalized spacial score (nSPS) is 21.1. The van der Waals surface area contributed by atoms with Crippen LogP contribution in [0.2, 0.25) is 0 Å². The van der Waals surface area contributed by atoms with Gasteiger partial charge in [-0.2, -0.15) is 0 Å². The molecule has 1 aliphatic heterocycles. The molecule has 1 aliphatic rings. The summed E-state index contributed by atoms with van der Waals surface area (Å²) in [4.78, 5) is 25.1. The van der Waals surface area contributed by atoms with Crippen LogP contribution in [0.15, 0.2) is 18.2 Å². The fourth-order valence-corrected chi connectivity index (χ4v) is 2.82. The smallest absolute Gasteiger partial charge is 0.254 e. The van der Waals surface area contributed by atoms with Crippen molar-refractivity contribution in [3.8, 4) is 0 Å². The molecule has 0 unspecified atom stereocenters. The van der Waals surface area contributed by atoms with Crippen molar-refractivity contribution in [3.05, 3.63) is 35.4 Å². The number of aliphatic hydroxyl groups is 1. The van der Waals surface area contributed by atoms with Gasteiger partial charge in [0.25, 0.3) is 5.91 Å². The van der Waals surface area contributed by atoms with E-state index in [9.17, 15) is 23.5 Å². The van der Waals surface area contributed by atoms with Gasteiger partial charge >= 0.3 is 0 Å². The molecule has 1 heterocycles. The maximum atomic E-state index is 13.3. The van der Waals surface area contributed by atoms with Crippen LogP contribution in [0.25, 0.3) is 0 Å². The van der Waals surface area contributed by atoms with Crippen molar-refractivity contribution >= 4 is 11.8 Å². The maximum absolute atomic E-state index is 13.3. The highest BCUT2D eigenvalue weighted by Gasteiger charge is 2.35. The van der Waals surface area contributed by atoms with E-state index in [4.69, 9.17) is 0 Å². The molecular formula is C16H20F2N2O3. The molecular weight excluding hydrogens is 306 g/mol. The van der Waals surface area contributed by atoms with Gasteiger partial charge in [-0.25, -0.2) is 8.78 Å². The third-order valence-electron chi connectivity index (χ3n) is 4.05. The number of hydrogen-bond acceptors (Lipinski definition) is 3. The summed E-state index contributed by atoms with van der Waals surface area (Å²) in [5.74, 6) is -2.35. The average molecular weight is 326 g/mol. The van der Waals surface area contributed by atoms with E-state index in [0.29, 0.717) is 25.5 Å². The van der Waals surface area contributed by atoms with Crippen LogP contribution in [-0.2, 0) is 4.79 Å². The predicted molar refractivity (Wildman–Crippen MR) is 79.7 cm³/mol. The Hall–Kier alpha value is -2.02. The van der Waals surface area contributed by atoms with Gasteiger partial charge < -0.3 is 15.3 Å². The molecule has 0 aliphatic carbocycles. The number of nitrogens with zero attached hydrogens (tertiary/aromatic N) is 1. The molecule has 23 heavy (non-hydrogen) atoms. The van der Waals surface area contributed by atoms with Gasteiger partial charge in [-0.15, -0.1) is 0 Å². The third kappa shape index (κ3) is 4.48. The number of halogens is 2. The number of rotatable bonds is 4. The summed E-state index contributed by atoms with van der Waals surface area (Å²) in [7, 11) is 1.52. The number of carbonyl (C=O) groups is 2. The summed E-state index contributed by atoms with van der Waals surface area (Å²) >= 11 is 0. The highest BCUT2D eigenvalue weighted by molar-refractivity contribution is 5.94. The monoisotopic (exact) mass is 326 g/mol. The molecule has 1 aromatic carbocycles. The number of hydrogen-bond donors (Lipinski definition) is 2. The first-order valence-corrected chi connectivity index (χ1v) is 7.51. The molecule has 1 aromatic rings. The predicted octanol–water partition coefficient (Wildman–Crippen LogP) is 1.46. The minimum Gasteiger partial charge on any atom is -0.388 e. The zero-order chi connectivity index (χ0) is 17.0. The molecule has 7 heteroatoms. The summed E-state index contributed by atoms with van der Waals surface area (Å²) in [5, 5.41) is 13.0. The molecule has 5 nitrogen and oxygen atoms in total. The van der Waals surface area contributed by atoms with Crippen LogP contribution in [0, 0.1) is 11.6 Å². The largest absolute Gasteiger partial charge is 0.388 e.